The number of nitro benzene ring substituents is 1. The Bertz CT molecular complexity index is 1030. The molecule has 2 amide bonds. The first kappa shape index (κ1) is 19.2. The van der Waals surface area contributed by atoms with Crippen molar-refractivity contribution < 1.29 is 14.5 Å². The number of aromatic nitrogens is 1. The number of fused-ring (bicyclic) bond motifs is 2. The van der Waals surface area contributed by atoms with Gasteiger partial charge in [-0.1, -0.05) is 11.6 Å². The number of allylic oxidation sites excluding steroid dienone is 2. The van der Waals surface area contributed by atoms with Crippen molar-refractivity contribution in [2.75, 3.05) is 6.54 Å². The van der Waals surface area contributed by atoms with Crippen LogP contribution >= 0.6 is 0 Å². The van der Waals surface area contributed by atoms with E-state index in [2.05, 4.69) is 16.4 Å². The average molecular weight is 396 g/mol. The fourth-order valence-electron chi connectivity index (χ4n) is 4.30. The highest BCUT2D eigenvalue weighted by Gasteiger charge is 2.43. The zero-order valence-corrected chi connectivity index (χ0v) is 16.5. The molecule has 0 bridgehead atoms. The number of hydrogen-bond acceptors (Lipinski definition) is 4. The molecule has 2 aliphatic heterocycles. The largest absolute Gasteiger partial charge is 0.358 e. The van der Waals surface area contributed by atoms with Crippen molar-refractivity contribution in [2.24, 2.45) is 0 Å². The highest BCUT2D eigenvalue weighted by molar-refractivity contribution is 5.98. The van der Waals surface area contributed by atoms with E-state index in [1.54, 1.807) is 11.0 Å². The van der Waals surface area contributed by atoms with Gasteiger partial charge in [-0.05, 0) is 38.3 Å². The summed E-state index contributed by atoms with van der Waals surface area (Å²) in [6, 6.07) is 3.76. The minimum absolute atomic E-state index is 0.0148. The van der Waals surface area contributed by atoms with E-state index in [0.29, 0.717) is 31.3 Å². The zero-order valence-electron chi connectivity index (χ0n) is 16.5. The van der Waals surface area contributed by atoms with E-state index in [1.807, 2.05) is 13.8 Å². The molecule has 2 N–H and O–H groups in total. The summed E-state index contributed by atoms with van der Waals surface area (Å²) >= 11 is 0. The third kappa shape index (κ3) is 3.50. The van der Waals surface area contributed by atoms with E-state index in [9.17, 15) is 19.7 Å². The molecule has 0 saturated carbocycles. The number of non-ortho nitro benzene ring substituents is 1. The summed E-state index contributed by atoms with van der Waals surface area (Å²) in [6.07, 6.45) is 4.62. The van der Waals surface area contributed by atoms with Gasteiger partial charge in [-0.2, -0.15) is 0 Å². The zero-order chi connectivity index (χ0) is 20.7. The number of carbonyl (C=O) groups is 2. The third-order valence-electron chi connectivity index (χ3n) is 5.76. The van der Waals surface area contributed by atoms with Crippen molar-refractivity contribution >= 4 is 28.4 Å². The molecular weight excluding hydrogens is 372 g/mol. The van der Waals surface area contributed by atoms with Crippen LogP contribution < -0.4 is 5.32 Å². The summed E-state index contributed by atoms with van der Waals surface area (Å²) in [7, 11) is 0. The smallest absolute Gasteiger partial charge is 0.271 e. The Morgan fingerprint density at radius 3 is 2.86 bits per heavy atom. The van der Waals surface area contributed by atoms with Gasteiger partial charge < -0.3 is 15.2 Å². The monoisotopic (exact) mass is 396 g/mol. The van der Waals surface area contributed by atoms with Gasteiger partial charge in [0.25, 0.3) is 5.69 Å². The fraction of sp³-hybridized carbons (Fsp3) is 0.429. The second-order valence-electron chi connectivity index (χ2n) is 8.01. The van der Waals surface area contributed by atoms with Gasteiger partial charge in [0.05, 0.1) is 10.4 Å². The van der Waals surface area contributed by atoms with E-state index in [0.717, 1.165) is 28.6 Å². The maximum absolute atomic E-state index is 12.9. The molecule has 1 aromatic heterocycles. The van der Waals surface area contributed by atoms with Crippen LogP contribution in [0, 0.1) is 10.1 Å². The lowest BCUT2D eigenvalue weighted by Gasteiger charge is -2.34. The van der Waals surface area contributed by atoms with Crippen LogP contribution in [0.1, 0.15) is 37.9 Å². The number of nitrogens with zero attached hydrogens (tertiary/aromatic N) is 2. The summed E-state index contributed by atoms with van der Waals surface area (Å²) in [6.45, 7) is 4.63. The maximum Gasteiger partial charge on any atom is 0.271 e. The van der Waals surface area contributed by atoms with Gasteiger partial charge in [-0.3, -0.25) is 19.7 Å². The van der Waals surface area contributed by atoms with Crippen molar-refractivity contribution in [3.63, 3.8) is 0 Å². The highest BCUT2D eigenvalue weighted by atomic mass is 16.6. The van der Waals surface area contributed by atoms with Crippen LogP contribution in [0.5, 0.6) is 0 Å². The molecule has 4 rings (SSSR count). The Kier molecular flexibility index (Phi) is 4.86. The summed E-state index contributed by atoms with van der Waals surface area (Å²) < 4.78 is 0. The molecule has 2 aromatic rings. The van der Waals surface area contributed by atoms with Gasteiger partial charge in [0.1, 0.15) is 12.1 Å². The van der Waals surface area contributed by atoms with Crippen LogP contribution in [0.3, 0.4) is 0 Å². The van der Waals surface area contributed by atoms with Crippen molar-refractivity contribution in [1.29, 1.82) is 0 Å². The molecule has 2 fully saturated rings. The number of nitro groups is 1. The fourth-order valence-corrected chi connectivity index (χ4v) is 4.30. The topological polar surface area (TPSA) is 108 Å². The van der Waals surface area contributed by atoms with Crippen LogP contribution in [0.15, 0.2) is 29.8 Å². The van der Waals surface area contributed by atoms with Gasteiger partial charge >= 0.3 is 0 Å². The van der Waals surface area contributed by atoms with Gasteiger partial charge in [0, 0.05) is 42.6 Å². The standard InChI is InChI=1S/C21H24N4O4/c1-12(2)5-8-16-15(14-7-6-13(25(28)29)10-17(14)22-16)11-18-21(27)24-9-3-4-19(24)20(26)23-18/h5-7,10,18-19,22H,3-4,8-9,11H2,1-2H3,(H,23,26)/t18-,19-/m0/s1. The molecule has 8 heteroatoms. The van der Waals surface area contributed by atoms with Crippen molar-refractivity contribution in [1.82, 2.24) is 15.2 Å². The molecule has 3 heterocycles. The summed E-state index contributed by atoms with van der Waals surface area (Å²) in [5.41, 5.74) is 3.67. The summed E-state index contributed by atoms with van der Waals surface area (Å²) in [5.74, 6) is -0.134. The van der Waals surface area contributed by atoms with Gasteiger partial charge in [-0.25, -0.2) is 0 Å². The van der Waals surface area contributed by atoms with E-state index in [-0.39, 0.29) is 23.5 Å². The Hall–Kier alpha value is -3.16. The predicted molar refractivity (Wildman–Crippen MR) is 108 cm³/mol. The van der Waals surface area contributed by atoms with E-state index in [4.69, 9.17) is 0 Å². The van der Waals surface area contributed by atoms with Gasteiger partial charge in [0.15, 0.2) is 0 Å². The van der Waals surface area contributed by atoms with Crippen LogP contribution in [0.4, 0.5) is 5.69 Å². The van der Waals surface area contributed by atoms with Gasteiger partial charge in [-0.15, -0.1) is 0 Å². The lowest BCUT2D eigenvalue weighted by Crippen LogP contribution is -2.61. The number of rotatable bonds is 5. The summed E-state index contributed by atoms with van der Waals surface area (Å²) in [4.78, 5) is 41.1. The molecule has 0 spiro atoms. The van der Waals surface area contributed by atoms with Crippen LogP contribution in [-0.2, 0) is 22.4 Å². The van der Waals surface area contributed by atoms with Crippen LogP contribution in [0.2, 0.25) is 0 Å². The van der Waals surface area contributed by atoms with Gasteiger partial charge in [0.2, 0.25) is 11.8 Å². The molecule has 29 heavy (non-hydrogen) atoms. The number of benzene rings is 1. The number of hydrogen-bond donors (Lipinski definition) is 2. The average Bonchev–Trinajstić information content (AvgIpc) is 3.29. The molecular formula is C21H24N4O4. The number of aromatic amines is 1. The Morgan fingerprint density at radius 1 is 1.34 bits per heavy atom. The van der Waals surface area contributed by atoms with Crippen LogP contribution in [0.25, 0.3) is 10.9 Å². The lowest BCUT2D eigenvalue weighted by atomic mass is 9.97. The second kappa shape index (κ2) is 7.35. The number of piperazine rings is 1. The first-order valence-corrected chi connectivity index (χ1v) is 9.87. The molecule has 1 aromatic carbocycles. The van der Waals surface area contributed by atoms with Crippen LogP contribution in [-0.4, -0.2) is 45.2 Å². The molecule has 0 radical (unpaired) electrons. The minimum Gasteiger partial charge on any atom is -0.358 e. The second-order valence-corrected chi connectivity index (χ2v) is 8.01. The number of amides is 2. The maximum atomic E-state index is 12.9. The molecule has 0 aliphatic carbocycles. The molecule has 152 valence electrons. The highest BCUT2D eigenvalue weighted by Crippen LogP contribution is 2.30. The molecule has 2 aliphatic rings. The van der Waals surface area contributed by atoms with E-state index in [1.165, 1.54) is 12.1 Å². The third-order valence-corrected chi connectivity index (χ3v) is 5.76. The van der Waals surface area contributed by atoms with Crippen molar-refractivity contribution in [3.05, 3.63) is 51.2 Å². The van der Waals surface area contributed by atoms with E-state index < -0.39 is 11.0 Å². The molecule has 0 unspecified atom stereocenters. The molecule has 8 nitrogen and oxygen atoms in total. The number of carbonyl (C=O) groups excluding carboxylic acids is 2. The predicted octanol–water partition coefficient (Wildman–Crippen LogP) is 2.62. The quantitative estimate of drug-likeness (QED) is 0.460. The molecule has 2 atom stereocenters. The Balaban J connectivity index is 1.71. The summed E-state index contributed by atoms with van der Waals surface area (Å²) in [5, 5.41) is 14.9. The number of nitrogens with one attached hydrogen (secondary N) is 2. The van der Waals surface area contributed by atoms with Crippen molar-refractivity contribution in [3.8, 4) is 0 Å². The Labute approximate surface area is 168 Å². The SMILES string of the molecule is CC(C)=CCc1[nH]c2cc([N+](=O)[O-])ccc2c1C[C@@H]1NC(=O)[C@@H]2CCCN2C1=O. The first-order chi connectivity index (χ1) is 13.8. The first-order valence-electron chi connectivity index (χ1n) is 9.87. The van der Waals surface area contributed by atoms with Crippen molar-refractivity contribution in [2.45, 2.75) is 51.6 Å². The lowest BCUT2D eigenvalue weighted by molar-refractivity contribution is -0.384. The minimum atomic E-state index is -0.614. The number of H-pyrrole nitrogens is 1. The van der Waals surface area contributed by atoms with E-state index >= 15 is 0 Å². The Morgan fingerprint density at radius 2 is 2.14 bits per heavy atom. The molecule has 2 saturated heterocycles. The normalized spacial score (nSPS) is 21.2.